The first kappa shape index (κ1) is 13.6. The lowest BCUT2D eigenvalue weighted by atomic mass is 10.0. The molecule has 1 aromatic heterocycles. The minimum absolute atomic E-state index is 0.0551. The zero-order valence-corrected chi connectivity index (χ0v) is 12.4. The average molecular weight is 329 g/mol. The average Bonchev–Trinajstić information content (AvgIpc) is 2.72. The number of benzene rings is 1. The van der Waals surface area contributed by atoms with Crippen molar-refractivity contribution in [2.75, 3.05) is 0 Å². The SMILES string of the molecule is Cn1nccc1CCC(N)c1ccc(Br)cc1Cl. The van der Waals surface area contributed by atoms with Crippen LogP contribution in [-0.4, -0.2) is 9.78 Å². The van der Waals surface area contributed by atoms with E-state index in [9.17, 15) is 0 Å². The predicted octanol–water partition coefficient (Wildman–Crippen LogP) is 3.47. The summed E-state index contributed by atoms with van der Waals surface area (Å²) < 4.78 is 2.84. The lowest BCUT2D eigenvalue weighted by Gasteiger charge is -2.14. The van der Waals surface area contributed by atoms with Crippen LogP contribution in [0.4, 0.5) is 0 Å². The Kier molecular flexibility index (Phi) is 4.43. The molecular formula is C13H15BrClN3. The third-order valence-electron chi connectivity index (χ3n) is 3.00. The molecule has 1 heterocycles. The number of aromatic nitrogens is 2. The smallest absolute Gasteiger partial charge is 0.0492 e. The van der Waals surface area contributed by atoms with E-state index in [1.54, 1.807) is 6.20 Å². The van der Waals surface area contributed by atoms with Gasteiger partial charge in [0.05, 0.1) is 0 Å². The van der Waals surface area contributed by atoms with Gasteiger partial charge in [-0.05, 0) is 36.6 Å². The highest BCUT2D eigenvalue weighted by Crippen LogP contribution is 2.27. The second-order valence-electron chi connectivity index (χ2n) is 4.26. The molecule has 0 bridgehead atoms. The van der Waals surface area contributed by atoms with Crippen LogP contribution < -0.4 is 5.73 Å². The van der Waals surface area contributed by atoms with Crippen molar-refractivity contribution in [3.63, 3.8) is 0 Å². The molecule has 2 rings (SSSR count). The third kappa shape index (κ3) is 3.13. The summed E-state index contributed by atoms with van der Waals surface area (Å²) in [6.45, 7) is 0. The van der Waals surface area contributed by atoms with Gasteiger partial charge in [0.2, 0.25) is 0 Å². The molecular weight excluding hydrogens is 314 g/mol. The van der Waals surface area contributed by atoms with E-state index in [-0.39, 0.29) is 6.04 Å². The van der Waals surface area contributed by atoms with Crippen molar-refractivity contribution in [1.82, 2.24) is 9.78 Å². The van der Waals surface area contributed by atoms with Crippen molar-refractivity contribution in [3.8, 4) is 0 Å². The Bertz CT molecular complexity index is 539. The van der Waals surface area contributed by atoms with Gasteiger partial charge in [0.1, 0.15) is 0 Å². The normalized spacial score (nSPS) is 12.7. The molecule has 0 aliphatic heterocycles. The van der Waals surface area contributed by atoms with Crippen LogP contribution in [0.3, 0.4) is 0 Å². The summed E-state index contributed by atoms with van der Waals surface area (Å²) in [6.07, 6.45) is 3.54. The molecule has 5 heteroatoms. The molecule has 0 saturated heterocycles. The van der Waals surface area contributed by atoms with Gasteiger partial charge >= 0.3 is 0 Å². The topological polar surface area (TPSA) is 43.8 Å². The third-order valence-corrected chi connectivity index (χ3v) is 3.82. The maximum atomic E-state index is 6.19. The molecule has 0 saturated carbocycles. The van der Waals surface area contributed by atoms with Gasteiger partial charge < -0.3 is 5.73 Å². The zero-order chi connectivity index (χ0) is 13.1. The van der Waals surface area contributed by atoms with Gasteiger partial charge in [0.25, 0.3) is 0 Å². The Hall–Kier alpha value is -0.840. The molecule has 1 unspecified atom stereocenters. The van der Waals surface area contributed by atoms with Crippen molar-refractivity contribution < 1.29 is 0 Å². The first-order chi connectivity index (χ1) is 8.58. The van der Waals surface area contributed by atoms with Gasteiger partial charge in [0.15, 0.2) is 0 Å². The van der Waals surface area contributed by atoms with Crippen LogP contribution in [0.5, 0.6) is 0 Å². The first-order valence-corrected chi connectivity index (χ1v) is 6.92. The summed E-state index contributed by atoms with van der Waals surface area (Å²) in [4.78, 5) is 0. The highest BCUT2D eigenvalue weighted by Gasteiger charge is 2.11. The maximum absolute atomic E-state index is 6.19. The standard InChI is InChI=1S/C13H15BrClN3/c1-18-10(6-7-17-18)3-5-13(16)11-4-2-9(14)8-12(11)15/h2,4,6-8,13H,3,5,16H2,1H3. The Labute approximate surface area is 120 Å². The molecule has 2 N–H and O–H groups in total. The van der Waals surface area contributed by atoms with E-state index >= 15 is 0 Å². The van der Waals surface area contributed by atoms with Gasteiger partial charge in [0, 0.05) is 34.5 Å². The summed E-state index contributed by atoms with van der Waals surface area (Å²) in [7, 11) is 1.94. The number of rotatable bonds is 4. The zero-order valence-electron chi connectivity index (χ0n) is 10.1. The van der Waals surface area contributed by atoms with E-state index in [1.807, 2.05) is 36.0 Å². The number of nitrogens with zero attached hydrogens (tertiary/aromatic N) is 2. The summed E-state index contributed by atoms with van der Waals surface area (Å²) in [5.74, 6) is 0. The Balaban J connectivity index is 2.03. The van der Waals surface area contributed by atoms with E-state index in [1.165, 1.54) is 5.69 Å². The van der Waals surface area contributed by atoms with Crippen LogP contribution in [0.15, 0.2) is 34.9 Å². The number of aryl methyl sites for hydroxylation is 2. The molecule has 2 aromatic rings. The van der Waals surface area contributed by atoms with Gasteiger partial charge in [-0.15, -0.1) is 0 Å². The van der Waals surface area contributed by atoms with E-state index in [4.69, 9.17) is 17.3 Å². The lowest BCUT2D eigenvalue weighted by Crippen LogP contribution is -2.13. The highest BCUT2D eigenvalue weighted by atomic mass is 79.9. The summed E-state index contributed by atoms with van der Waals surface area (Å²) in [5.41, 5.74) is 8.35. The van der Waals surface area contributed by atoms with Crippen molar-refractivity contribution in [2.45, 2.75) is 18.9 Å². The molecule has 1 aromatic carbocycles. The molecule has 0 fully saturated rings. The fourth-order valence-corrected chi connectivity index (χ4v) is 2.72. The minimum Gasteiger partial charge on any atom is -0.324 e. The van der Waals surface area contributed by atoms with Gasteiger partial charge in [-0.1, -0.05) is 33.6 Å². The number of hydrogen-bond acceptors (Lipinski definition) is 2. The second kappa shape index (κ2) is 5.87. The summed E-state index contributed by atoms with van der Waals surface area (Å²) in [5, 5.41) is 4.85. The molecule has 96 valence electrons. The Morgan fingerprint density at radius 3 is 2.83 bits per heavy atom. The van der Waals surface area contributed by atoms with Crippen molar-refractivity contribution in [2.24, 2.45) is 12.8 Å². The minimum atomic E-state index is -0.0551. The van der Waals surface area contributed by atoms with Crippen LogP contribution >= 0.6 is 27.5 Å². The van der Waals surface area contributed by atoms with Crippen LogP contribution in [0, 0.1) is 0 Å². The maximum Gasteiger partial charge on any atom is 0.0492 e. The second-order valence-corrected chi connectivity index (χ2v) is 5.58. The summed E-state index contributed by atoms with van der Waals surface area (Å²) in [6, 6.07) is 7.77. The molecule has 1 atom stereocenters. The monoisotopic (exact) mass is 327 g/mol. The molecule has 3 nitrogen and oxygen atoms in total. The van der Waals surface area contributed by atoms with Crippen molar-refractivity contribution in [3.05, 3.63) is 51.2 Å². The molecule has 18 heavy (non-hydrogen) atoms. The number of halogens is 2. The highest BCUT2D eigenvalue weighted by molar-refractivity contribution is 9.10. The van der Waals surface area contributed by atoms with Gasteiger partial charge in [-0.2, -0.15) is 5.10 Å². The Morgan fingerprint density at radius 1 is 1.44 bits per heavy atom. The number of hydrogen-bond donors (Lipinski definition) is 1. The van der Waals surface area contributed by atoms with Crippen LogP contribution in [-0.2, 0) is 13.5 Å². The van der Waals surface area contributed by atoms with Crippen LogP contribution in [0.25, 0.3) is 0 Å². The Morgan fingerprint density at radius 2 is 2.22 bits per heavy atom. The molecule has 0 spiro atoms. The molecule has 0 aliphatic carbocycles. The fourth-order valence-electron chi connectivity index (χ4n) is 1.91. The summed E-state index contributed by atoms with van der Waals surface area (Å²) >= 11 is 9.58. The van der Waals surface area contributed by atoms with E-state index < -0.39 is 0 Å². The fraction of sp³-hybridized carbons (Fsp3) is 0.308. The van der Waals surface area contributed by atoms with Gasteiger partial charge in [-0.25, -0.2) is 0 Å². The van der Waals surface area contributed by atoms with E-state index in [0.717, 1.165) is 22.9 Å². The van der Waals surface area contributed by atoms with E-state index in [2.05, 4.69) is 21.0 Å². The first-order valence-electron chi connectivity index (χ1n) is 5.75. The van der Waals surface area contributed by atoms with Crippen LogP contribution in [0.2, 0.25) is 5.02 Å². The van der Waals surface area contributed by atoms with Gasteiger partial charge in [-0.3, -0.25) is 4.68 Å². The largest absolute Gasteiger partial charge is 0.324 e. The quantitative estimate of drug-likeness (QED) is 0.934. The van der Waals surface area contributed by atoms with Crippen molar-refractivity contribution >= 4 is 27.5 Å². The molecule has 0 aliphatic rings. The lowest BCUT2D eigenvalue weighted by molar-refractivity contribution is 0.614. The van der Waals surface area contributed by atoms with Crippen molar-refractivity contribution in [1.29, 1.82) is 0 Å². The molecule has 0 amide bonds. The number of nitrogens with two attached hydrogens (primary N) is 1. The molecule has 0 radical (unpaired) electrons. The predicted molar refractivity (Wildman–Crippen MR) is 77.6 cm³/mol. The van der Waals surface area contributed by atoms with Crippen LogP contribution in [0.1, 0.15) is 23.7 Å². The van der Waals surface area contributed by atoms with E-state index in [0.29, 0.717) is 5.02 Å².